The van der Waals surface area contributed by atoms with Crippen LogP contribution >= 0.6 is 0 Å². The van der Waals surface area contributed by atoms with Crippen LogP contribution in [-0.4, -0.2) is 76.7 Å². The van der Waals surface area contributed by atoms with Gasteiger partial charge in [0.05, 0.1) is 0 Å². The van der Waals surface area contributed by atoms with Crippen molar-refractivity contribution in [3.05, 3.63) is 35.4 Å². The molecule has 3 rings (SSSR count). The largest absolute Gasteiger partial charge is 0.479 e. The van der Waals surface area contributed by atoms with Gasteiger partial charge in [-0.25, -0.2) is 9.59 Å². The molecule has 35 heavy (non-hydrogen) atoms. The van der Waals surface area contributed by atoms with Gasteiger partial charge in [0.1, 0.15) is 17.7 Å². The van der Waals surface area contributed by atoms with Crippen LogP contribution in [0.4, 0.5) is 4.79 Å². The molecule has 0 saturated carbocycles. The van der Waals surface area contributed by atoms with Crippen molar-refractivity contribution in [2.75, 3.05) is 20.3 Å². The highest BCUT2D eigenvalue weighted by atomic mass is 16.6. The number of hydrogen-bond donors (Lipinski definition) is 2. The molecule has 0 spiro atoms. The minimum Gasteiger partial charge on any atom is -0.479 e. The molecule has 0 aliphatic carbocycles. The van der Waals surface area contributed by atoms with E-state index in [9.17, 15) is 24.3 Å². The zero-order valence-corrected chi connectivity index (χ0v) is 20.9. The van der Waals surface area contributed by atoms with Gasteiger partial charge in [0.2, 0.25) is 11.8 Å². The number of carboxylic acid groups (broad SMARTS) is 1. The van der Waals surface area contributed by atoms with Crippen LogP contribution in [-0.2, 0) is 30.4 Å². The van der Waals surface area contributed by atoms with Crippen molar-refractivity contribution in [2.45, 2.75) is 70.8 Å². The minimum absolute atomic E-state index is 0.148. The van der Waals surface area contributed by atoms with Gasteiger partial charge < -0.3 is 24.8 Å². The molecule has 0 radical (unpaired) electrons. The molecule has 3 atom stereocenters. The molecule has 10 nitrogen and oxygen atoms in total. The fourth-order valence-electron chi connectivity index (χ4n) is 4.41. The Labute approximate surface area is 205 Å². The molecule has 192 valence electrons. The molecular weight excluding hydrogens is 454 g/mol. The standard InChI is InChI=1S/C25H35N3O7/c1-15(27(5)24(33)35-25(2,3)4)21(29)26-19(16-10-12-34-13-11-16)22(30)28-14-17-8-6-7-9-18(17)20(28)23(31)32/h6-9,15-16,19-20H,10-14H2,1-5H3,(H,26,29)(H,31,32). The molecule has 3 amide bonds. The van der Waals surface area contributed by atoms with Gasteiger partial charge in [-0.1, -0.05) is 24.3 Å². The number of rotatable bonds is 6. The zero-order valence-electron chi connectivity index (χ0n) is 20.9. The second-order valence-electron chi connectivity index (χ2n) is 10.1. The average Bonchev–Trinajstić information content (AvgIpc) is 3.20. The summed E-state index contributed by atoms with van der Waals surface area (Å²) in [6, 6.07) is 4.08. The van der Waals surface area contributed by atoms with Crippen molar-refractivity contribution in [1.82, 2.24) is 15.1 Å². The Morgan fingerprint density at radius 1 is 1.17 bits per heavy atom. The summed E-state index contributed by atoms with van der Waals surface area (Å²) in [5.74, 6) is -2.33. The smallest absolute Gasteiger partial charge is 0.410 e. The number of fused-ring (bicyclic) bond motifs is 1. The summed E-state index contributed by atoms with van der Waals surface area (Å²) in [7, 11) is 1.46. The first-order valence-corrected chi connectivity index (χ1v) is 11.9. The van der Waals surface area contributed by atoms with E-state index < -0.39 is 47.6 Å². The highest BCUT2D eigenvalue weighted by molar-refractivity contribution is 5.94. The molecule has 2 aliphatic heterocycles. The van der Waals surface area contributed by atoms with Gasteiger partial charge in [-0.15, -0.1) is 0 Å². The van der Waals surface area contributed by atoms with Crippen LogP contribution < -0.4 is 5.32 Å². The number of ether oxygens (including phenoxy) is 2. The topological polar surface area (TPSA) is 125 Å². The first-order valence-electron chi connectivity index (χ1n) is 11.9. The number of carbonyl (C=O) groups excluding carboxylic acids is 3. The van der Waals surface area contributed by atoms with E-state index in [4.69, 9.17) is 9.47 Å². The first kappa shape index (κ1) is 26.5. The van der Waals surface area contributed by atoms with Crippen molar-refractivity contribution in [3.8, 4) is 0 Å². The van der Waals surface area contributed by atoms with E-state index in [1.54, 1.807) is 52.0 Å². The molecule has 0 bridgehead atoms. The first-order chi connectivity index (χ1) is 16.4. The lowest BCUT2D eigenvalue weighted by Crippen LogP contribution is -2.57. The predicted molar refractivity (Wildman–Crippen MR) is 126 cm³/mol. The van der Waals surface area contributed by atoms with E-state index in [0.29, 0.717) is 31.6 Å². The normalized spacial score (nSPS) is 19.9. The van der Waals surface area contributed by atoms with Crippen LogP contribution in [0.3, 0.4) is 0 Å². The Balaban J connectivity index is 1.82. The Morgan fingerprint density at radius 3 is 2.40 bits per heavy atom. The highest BCUT2D eigenvalue weighted by Gasteiger charge is 2.44. The lowest BCUT2D eigenvalue weighted by atomic mass is 9.90. The van der Waals surface area contributed by atoms with E-state index in [0.717, 1.165) is 5.56 Å². The van der Waals surface area contributed by atoms with E-state index >= 15 is 0 Å². The van der Waals surface area contributed by atoms with E-state index in [2.05, 4.69) is 5.32 Å². The second-order valence-corrected chi connectivity index (χ2v) is 10.1. The number of carboxylic acids is 1. The molecule has 2 heterocycles. The third-order valence-corrected chi connectivity index (χ3v) is 6.46. The fraction of sp³-hybridized carbons (Fsp3) is 0.600. The molecule has 1 aromatic rings. The van der Waals surface area contributed by atoms with Crippen LogP contribution in [0.2, 0.25) is 0 Å². The molecule has 0 aromatic heterocycles. The molecular formula is C25H35N3O7. The summed E-state index contributed by atoms with van der Waals surface area (Å²) < 4.78 is 10.8. The van der Waals surface area contributed by atoms with Crippen molar-refractivity contribution < 1.29 is 33.8 Å². The average molecular weight is 490 g/mol. The molecule has 3 unspecified atom stereocenters. The Kier molecular flexibility index (Phi) is 8.04. The number of amides is 3. The quantitative estimate of drug-likeness (QED) is 0.628. The van der Waals surface area contributed by atoms with Gasteiger partial charge in [-0.3, -0.25) is 14.5 Å². The second kappa shape index (κ2) is 10.6. The molecule has 2 N–H and O–H groups in total. The van der Waals surface area contributed by atoms with Crippen molar-refractivity contribution in [2.24, 2.45) is 5.92 Å². The summed E-state index contributed by atoms with van der Waals surface area (Å²) in [5, 5.41) is 12.7. The molecule has 1 fully saturated rings. The Hall–Kier alpha value is -3.14. The number of likely N-dealkylation sites (N-methyl/N-ethyl adjacent to an activating group) is 1. The van der Waals surface area contributed by atoms with Crippen LogP contribution in [0.5, 0.6) is 0 Å². The minimum atomic E-state index is -1.13. The van der Waals surface area contributed by atoms with Crippen molar-refractivity contribution in [3.63, 3.8) is 0 Å². The van der Waals surface area contributed by atoms with Crippen molar-refractivity contribution in [1.29, 1.82) is 0 Å². The van der Waals surface area contributed by atoms with Crippen LogP contribution in [0.1, 0.15) is 57.7 Å². The lowest BCUT2D eigenvalue weighted by molar-refractivity contribution is -0.152. The Morgan fingerprint density at radius 2 is 1.80 bits per heavy atom. The van der Waals surface area contributed by atoms with Gasteiger partial charge in [0.25, 0.3) is 0 Å². The van der Waals surface area contributed by atoms with Gasteiger partial charge >= 0.3 is 12.1 Å². The number of hydrogen-bond acceptors (Lipinski definition) is 6. The monoisotopic (exact) mass is 489 g/mol. The number of nitrogens with zero attached hydrogens (tertiary/aromatic N) is 2. The van der Waals surface area contributed by atoms with Gasteiger partial charge in [0, 0.05) is 26.8 Å². The Bertz CT molecular complexity index is 968. The maximum absolute atomic E-state index is 13.8. The predicted octanol–water partition coefficient (Wildman–Crippen LogP) is 2.32. The van der Waals surface area contributed by atoms with Crippen LogP contribution in [0.25, 0.3) is 0 Å². The highest BCUT2D eigenvalue weighted by Crippen LogP contribution is 2.35. The molecule has 1 saturated heterocycles. The summed E-state index contributed by atoms with van der Waals surface area (Å²) in [4.78, 5) is 54.0. The van der Waals surface area contributed by atoms with E-state index in [1.807, 2.05) is 0 Å². The summed E-state index contributed by atoms with van der Waals surface area (Å²) in [6.45, 7) is 7.79. The fourth-order valence-corrected chi connectivity index (χ4v) is 4.41. The number of carbonyl (C=O) groups is 4. The summed E-state index contributed by atoms with van der Waals surface area (Å²) in [5.41, 5.74) is 0.616. The van der Waals surface area contributed by atoms with E-state index in [1.165, 1.54) is 16.8 Å². The van der Waals surface area contributed by atoms with Crippen LogP contribution in [0.15, 0.2) is 24.3 Å². The molecule has 1 aromatic carbocycles. The number of aliphatic carboxylic acids is 1. The van der Waals surface area contributed by atoms with E-state index in [-0.39, 0.29) is 12.5 Å². The van der Waals surface area contributed by atoms with Gasteiger partial charge in [-0.2, -0.15) is 0 Å². The van der Waals surface area contributed by atoms with Crippen LogP contribution in [0, 0.1) is 5.92 Å². The lowest BCUT2D eigenvalue weighted by Gasteiger charge is -2.35. The summed E-state index contributed by atoms with van der Waals surface area (Å²) in [6.07, 6.45) is 0.437. The van der Waals surface area contributed by atoms with Crippen molar-refractivity contribution >= 4 is 23.9 Å². The molecule has 2 aliphatic rings. The van der Waals surface area contributed by atoms with Gasteiger partial charge in [0.15, 0.2) is 6.04 Å². The third kappa shape index (κ3) is 6.11. The number of benzene rings is 1. The SMILES string of the molecule is CC(C(=O)NC(C(=O)N1Cc2ccccc2C1C(=O)O)C1CCOCC1)N(C)C(=O)OC(C)(C)C. The zero-order chi connectivity index (χ0) is 25.9. The maximum Gasteiger partial charge on any atom is 0.410 e. The maximum atomic E-state index is 13.8. The molecule has 10 heteroatoms. The number of nitrogens with one attached hydrogen (secondary N) is 1. The summed E-state index contributed by atoms with van der Waals surface area (Å²) >= 11 is 0. The van der Waals surface area contributed by atoms with Gasteiger partial charge in [-0.05, 0) is 57.6 Å². The third-order valence-electron chi connectivity index (χ3n) is 6.46.